The van der Waals surface area contributed by atoms with Crippen LogP contribution in [0.3, 0.4) is 0 Å². The number of phenolic OH excluding ortho intramolecular Hbond substituents is 1. The molecule has 156 valence electrons. The van der Waals surface area contributed by atoms with Crippen molar-refractivity contribution >= 4 is 44.5 Å². The van der Waals surface area contributed by atoms with Gasteiger partial charge >= 0.3 is 5.97 Å². The minimum Gasteiger partial charge on any atom is -0.508 e. The lowest BCUT2D eigenvalue weighted by Crippen LogP contribution is -2.20. The Bertz CT molecular complexity index is 1380. The van der Waals surface area contributed by atoms with Crippen molar-refractivity contribution in [3.8, 4) is 28.2 Å². The number of aromatic hydroxyl groups is 1. The minimum atomic E-state index is -2.01. The third-order valence-corrected chi connectivity index (χ3v) is 5.09. The maximum absolute atomic E-state index is 13.5. The van der Waals surface area contributed by atoms with Gasteiger partial charge in [-0.05, 0) is 52.3 Å². The van der Waals surface area contributed by atoms with Crippen LogP contribution in [0.15, 0.2) is 63.8 Å². The fraction of sp³-hybridized carbons (Fsp3) is 0.0455. The third-order valence-electron chi connectivity index (χ3n) is 4.68. The first-order valence-electron chi connectivity index (χ1n) is 8.91. The summed E-state index contributed by atoms with van der Waals surface area (Å²) in [6, 6.07) is 12.5. The van der Waals surface area contributed by atoms with Crippen LogP contribution in [-0.2, 0) is 4.79 Å². The zero-order valence-corrected chi connectivity index (χ0v) is 17.1. The average Bonchev–Trinajstić information content (AvgIpc) is 2.71. The van der Waals surface area contributed by atoms with E-state index in [0.29, 0.717) is 16.5 Å². The minimum absolute atomic E-state index is 0.0556. The summed E-state index contributed by atoms with van der Waals surface area (Å²) < 4.78 is 19.2. The monoisotopic (exact) mass is 485 g/mol. The molecule has 0 saturated heterocycles. The van der Waals surface area contributed by atoms with Gasteiger partial charge in [-0.2, -0.15) is 0 Å². The second kappa shape index (κ2) is 7.84. The topological polar surface area (TPSA) is 117 Å². The van der Waals surface area contributed by atoms with E-state index < -0.39 is 17.0 Å². The highest BCUT2D eigenvalue weighted by atomic mass is 79.9. The van der Waals surface area contributed by atoms with Crippen LogP contribution < -0.4 is 10.7 Å². The number of phenols is 1. The highest BCUT2D eigenvalue weighted by molar-refractivity contribution is 9.09. The van der Waals surface area contributed by atoms with E-state index in [-0.39, 0.29) is 39.3 Å². The largest absolute Gasteiger partial charge is 0.508 e. The van der Waals surface area contributed by atoms with E-state index in [9.17, 15) is 29.0 Å². The lowest BCUT2D eigenvalue weighted by atomic mass is 9.89. The van der Waals surface area contributed by atoms with E-state index in [2.05, 4.69) is 21.2 Å². The number of rotatable bonds is 4. The average molecular weight is 486 g/mol. The van der Waals surface area contributed by atoms with Gasteiger partial charge in [-0.1, -0.05) is 6.07 Å². The Morgan fingerprint density at radius 2 is 1.84 bits per heavy atom. The van der Waals surface area contributed by atoms with E-state index in [1.165, 1.54) is 54.6 Å². The molecule has 31 heavy (non-hydrogen) atoms. The molecule has 7 nitrogen and oxygen atoms in total. The van der Waals surface area contributed by atoms with Crippen LogP contribution in [0.2, 0.25) is 0 Å². The molecule has 1 aliphatic carbocycles. The van der Waals surface area contributed by atoms with Gasteiger partial charge in [0, 0.05) is 39.9 Å². The van der Waals surface area contributed by atoms with Crippen LogP contribution in [0, 0.1) is 0 Å². The molecule has 2 aromatic carbocycles. The number of alkyl halides is 2. The second-order valence-corrected chi connectivity index (χ2v) is 7.44. The van der Waals surface area contributed by atoms with Gasteiger partial charge in [-0.3, -0.25) is 9.59 Å². The van der Waals surface area contributed by atoms with Crippen molar-refractivity contribution in [3.63, 3.8) is 0 Å². The van der Waals surface area contributed by atoms with Gasteiger partial charge in [-0.15, -0.1) is 0 Å². The molecule has 1 heterocycles. The predicted octanol–water partition coefficient (Wildman–Crippen LogP) is 4.60. The lowest BCUT2D eigenvalue weighted by Gasteiger charge is -2.20. The number of carbonyl (C=O) groups is 2. The van der Waals surface area contributed by atoms with Crippen molar-refractivity contribution in [3.05, 3.63) is 70.4 Å². The molecule has 1 unspecified atom stereocenters. The molecule has 1 atom stereocenters. The number of amides is 1. The van der Waals surface area contributed by atoms with Gasteiger partial charge in [0.15, 0.2) is 5.43 Å². The van der Waals surface area contributed by atoms with E-state index in [4.69, 9.17) is 4.42 Å². The number of carboxylic acid groups (broad SMARTS) is 1. The normalized spacial score (nSPS) is 12.1. The molecule has 0 bridgehead atoms. The molecule has 3 N–H and O–H groups in total. The number of nitrogens with one attached hydrogen (secondary N) is 1. The Morgan fingerprint density at radius 3 is 2.55 bits per heavy atom. The number of hydrogen-bond acceptors (Lipinski definition) is 5. The first-order chi connectivity index (χ1) is 14.8. The van der Waals surface area contributed by atoms with Gasteiger partial charge in [-0.25, -0.2) is 9.18 Å². The van der Waals surface area contributed by atoms with Crippen molar-refractivity contribution < 1.29 is 28.6 Å². The van der Waals surface area contributed by atoms with Crippen LogP contribution >= 0.6 is 15.9 Å². The standard InChI is InChI=1S/C22H13BrFNO6/c23-20(24)21(28)25-15-3-1-2-14(22(29)30)19(15)18-12-6-4-10(26)8-16(12)31-17-9-11(27)5-7-13(17)18/h1-9,20,26H,(H,25,28)(H,29,30). The molecule has 0 radical (unpaired) electrons. The first-order valence-corrected chi connectivity index (χ1v) is 9.83. The maximum Gasteiger partial charge on any atom is 0.336 e. The molecule has 4 rings (SSSR count). The summed E-state index contributed by atoms with van der Waals surface area (Å²) in [6.07, 6.45) is 0. The summed E-state index contributed by atoms with van der Waals surface area (Å²) in [7, 11) is 0. The molecule has 0 aromatic heterocycles. The summed E-state index contributed by atoms with van der Waals surface area (Å²) >= 11 is 2.55. The maximum atomic E-state index is 13.5. The van der Waals surface area contributed by atoms with Crippen LogP contribution in [0.5, 0.6) is 5.75 Å². The third kappa shape index (κ3) is 3.75. The Kier molecular flexibility index (Phi) is 5.20. The van der Waals surface area contributed by atoms with E-state index in [1.54, 1.807) is 0 Å². The molecular formula is C22H13BrFNO6. The lowest BCUT2D eigenvalue weighted by molar-refractivity contribution is -0.117. The van der Waals surface area contributed by atoms with E-state index >= 15 is 0 Å². The Hall–Kier alpha value is -3.72. The molecule has 9 heteroatoms. The number of hydrogen-bond donors (Lipinski definition) is 3. The number of anilines is 1. The Morgan fingerprint density at radius 1 is 1.06 bits per heavy atom. The second-order valence-electron chi connectivity index (χ2n) is 6.64. The predicted molar refractivity (Wildman–Crippen MR) is 116 cm³/mol. The summed E-state index contributed by atoms with van der Waals surface area (Å²) in [5.74, 6) is -2.23. The first kappa shape index (κ1) is 20.5. The number of aromatic carboxylic acids is 1. The number of carboxylic acids is 1. The van der Waals surface area contributed by atoms with Gasteiger partial charge in [0.1, 0.15) is 17.1 Å². The van der Waals surface area contributed by atoms with Crippen molar-refractivity contribution in [1.82, 2.24) is 0 Å². The van der Waals surface area contributed by atoms with Crippen LogP contribution in [-0.4, -0.2) is 27.2 Å². The molecule has 0 saturated carbocycles. The zero-order valence-electron chi connectivity index (χ0n) is 15.6. The molecule has 2 aromatic rings. The van der Waals surface area contributed by atoms with E-state index in [1.807, 2.05) is 0 Å². The highest BCUT2D eigenvalue weighted by Crippen LogP contribution is 2.44. The molecular weight excluding hydrogens is 473 g/mol. The van der Waals surface area contributed by atoms with E-state index in [0.717, 1.165) is 0 Å². The summed E-state index contributed by atoms with van der Waals surface area (Å²) in [6.45, 7) is 0. The van der Waals surface area contributed by atoms with Crippen LogP contribution in [0.25, 0.3) is 33.4 Å². The molecule has 0 fully saturated rings. The molecule has 0 spiro atoms. The smallest absolute Gasteiger partial charge is 0.336 e. The number of benzene rings is 3. The van der Waals surface area contributed by atoms with Crippen molar-refractivity contribution in [1.29, 1.82) is 0 Å². The zero-order chi connectivity index (χ0) is 22.3. The highest BCUT2D eigenvalue weighted by Gasteiger charge is 2.26. The molecule has 1 amide bonds. The van der Waals surface area contributed by atoms with Crippen LogP contribution in [0.4, 0.5) is 10.1 Å². The van der Waals surface area contributed by atoms with Crippen molar-refractivity contribution in [2.45, 2.75) is 5.08 Å². The summed E-state index contributed by atoms with van der Waals surface area (Å²) in [5, 5.41) is 20.5. The fourth-order valence-electron chi connectivity index (χ4n) is 3.42. The summed E-state index contributed by atoms with van der Waals surface area (Å²) in [4.78, 5) is 35.9. The Balaban J connectivity index is 2.16. The number of fused-ring (bicyclic) bond motifs is 2. The quantitative estimate of drug-likeness (QED) is 0.287. The van der Waals surface area contributed by atoms with Gasteiger partial charge in [0.2, 0.25) is 5.08 Å². The molecule has 1 aliphatic heterocycles. The molecule has 2 aliphatic rings. The Labute approximate surface area is 182 Å². The number of halogens is 2. The van der Waals surface area contributed by atoms with Gasteiger partial charge in [0.25, 0.3) is 5.91 Å². The van der Waals surface area contributed by atoms with Crippen LogP contribution in [0.1, 0.15) is 10.4 Å². The fourth-order valence-corrected chi connectivity index (χ4v) is 3.53. The SMILES string of the molecule is O=C(O)c1cccc(NC(=O)C(F)Br)c1-c1c2ccc(=O)cc-2oc2cc(O)ccc12. The van der Waals surface area contributed by atoms with Gasteiger partial charge in [0.05, 0.1) is 5.56 Å². The van der Waals surface area contributed by atoms with Crippen molar-refractivity contribution in [2.24, 2.45) is 0 Å². The summed E-state index contributed by atoms with van der Waals surface area (Å²) in [5.41, 5.74) is 0.602. The number of carbonyl (C=O) groups excluding carboxylic acids is 1. The van der Waals surface area contributed by atoms with Crippen molar-refractivity contribution in [2.75, 3.05) is 5.32 Å². The van der Waals surface area contributed by atoms with Gasteiger partial charge < -0.3 is 19.9 Å².